The van der Waals surface area contributed by atoms with E-state index in [1.165, 1.54) is 0 Å². The quantitative estimate of drug-likeness (QED) is 0.683. The van der Waals surface area contributed by atoms with E-state index in [2.05, 4.69) is 10.6 Å². The van der Waals surface area contributed by atoms with Crippen molar-refractivity contribution >= 4 is 34.8 Å². The minimum Gasteiger partial charge on any atom is -0.490 e. The summed E-state index contributed by atoms with van der Waals surface area (Å²) in [5.74, 6) is 0.935. The van der Waals surface area contributed by atoms with Gasteiger partial charge in [0, 0.05) is 28.9 Å². The van der Waals surface area contributed by atoms with Crippen LogP contribution in [0, 0.1) is 0 Å². The molecule has 3 rings (SSSR count). The van der Waals surface area contributed by atoms with Gasteiger partial charge in [0.1, 0.15) is 0 Å². The molecule has 3 N–H and O–H groups in total. The highest BCUT2D eigenvalue weighted by molar-refractivity contribution is 6.30. The molecule has 1 aliphatic rings. The van der Waals surface area contributed by atoms with Gasteiger partial charge in [0.25, 0.3) is 11.8 Å². The molecule has 2 aromatic rings. The van der Waals surface area contributed by atoms with Crippen LogP contribution in [0.5, 0.6) is 11.5 Å². The standard InChI is InChI=1S/C20H22ClN3O4/c1-24(12-19(25)22-15-5-3-14(21)4-6-15)13-20(26)23-16-7-8-17-18(11-16)28-10-2-9-27-17/h3-8,11H,2,9-10,12-13H2,1H3,(H,22,25)(H,23,26)/p+1. The van der Waals surface area contributed by atoms with Gasteiger partial charge in [0.2, 0.25) is 0 Å². The Bertz CT molecular complexity index is 842. The number of carbonyl (C=O) groups is 2. The van der Waals surface area contributed by atoms with Crippen molar-refractivity contribution in [2.75, 3.05) is 44.0 Å². The van der Waals surface area contributed by atoms with Gasteiger partial charge in [0.05, 0.1) is 20.3 Å². The summed E-state index contributed by atoms with van der Waals surface area (Å²) in [6.45, 7) is 1.52. The van der Waals surface area contributed by atoms with Crippen LogP contribution in [0.15, 0.2) is 42.5 Å². The average molecular weight is 405 g/mol. The fourth-order valence-electron chi connectivity index (χ4n) is 2.80. The predicted molar refractivity (Wildman–Crippen MR) is 107 cm³/mol. The number of likely N-dealkylation sites (N-methyl/N-ethyl adjacent to an activating group) is 1. The van der Waals surface area contributed by atoms with Gasteiger partial charge in [0.15, 0.2) is 24.6 Å². The molecule has 0 radical (unpaired) electrons. The summed E-state index contributed by atoms with van der Waals surface area (Å²) >= 11 is 5.83. The van der Waals surface area contributed by atoms with Crippen LogP contribution in [0.25, 0.3) is 0 Å². The minimum atomic E-state index is -0.189. The summed E-state index contributed by atoms with van der Waals surface area (Å²) in [7, 11) is 1.79. The first-order valence-electron chi connectivity index (χ1n) is 9.06. The maximum atomic E-state index is 12.3. The molecule has 0 bridgehead atoms. The molecule has 1 heterocycles. The van der Waals surface area contributed by atoms with Crippen molar-refractivity contribution in [3.63, 3.8) is 0 Å². The summed E-state index contributed by atoms with van der Waals surface area (Å²) in [5.41, 5.74) is 1.30. The number of anilines is 2. The smallest absolute Gasteiger partial charge is 0.279 e. The Balaban J connectivity index is 1.48. The number of halogens is 1. The number of hydrogen-bond acceptors (Lipinski definition) is 4. The molecule has 2 amide bonds. The van der Waals surface area contributed by atoms with Gasteiger partial charge in [-0.05, 0) is 36.4 Å². The Morgan fingerprint density at radius 1 is 0.929 bits per heavy atom. The number of amides is 2. The first-order valence-corrected chi connectivity index (χ1v) is 9.43. The zero-order valence-electron chi connectivity index (χ0n) is 15.6. The van der Waals surface area contributed by atoms with Crippen molar-refractivity contribution in [2.24, 2.45) is 0 Å². The second kappa shape index (κ2) is 9.43. The van der Waals surface area contributed by atoms with E-state index >= 15 is 0 Å². The third-order valence-corrected chi connectivity index (χ3v) is 4.34. The van der Waals surface area contributed by atoms with E-state index in [9.17, 15) is 9.59 Å². The summed E-state index contributed by atoms with van der Waals surface area (Å²) in [5, 5.41) is 6.22. The number of carbonyl (C=O) groups excluding carboxylic acids is 2. The van der Waals surface area contributed by atoms with Crippen molar-refractivity contribution in [3.8, 4) is 11.5 Å². The maximum absolute atomic E-state index is 12.3. The van der Waals surface area contributed by atoms with Crippen LogP contribution < -0.4 is 25.0 Å². The molecule has 1 aliphatic heterocycles. The molecular formula is C20H23ClN3O4+. The molecule has 0 spiro atoms. The first-order chi connectivity index (χ1) is 13.5. The molecule has 7 nitrogen and oxygen atoms in total. The monoisotopic (exact) mass is 404 g/mol. The average Bonchev–Trinajstić information content (AvgIpc) is 2.88. The minimum absolute atomic E-state index is 0.155. The van der Waals surface area contributed by atoms with Crippen molar-refractivity contribution < 1.29 is 24.0 Å². The molecule has 0 saturated carbocycles. The highest BCUT2D eigenvalue weighted by Crippen LogP contribution is 2.32. The Hall–Kier alpha value is -2.77. The fraction of sp³-hybridized carbons (Fsp3) is 0.300. The van der Waals surface area contributed by atoms with Crippen molar-refractivity contribution in [3.05, 3.63) is 47.5 Å². The molecule has 0 saturated heterocycles. The topological polar surface area (TPSA) is 81.1 Å². The second-order valence-corrected chi connectivity index (χ2v) is 7.06. The van der Waals surface area contributed by atoms with Gasteiger partial charge in [-0.15, -0.1) is 0 Å². The van der Waals surface area contributed by atoms with Gasteiger partial charge in [-0.2, -0.15) is 0 Å². The van der Waals surface area contributed by atoms with Crippen molar-refractivity contribution in [1.82, 2.24) is 0 Å². The van der Waals surface area contributed by atoms with Crippen molar-refractivity contribution in [1.29, 1.82) is 0 Å². The molecule has 0 fully saturated rings. The van der Waals surface area contributed by atoms with E-state index in [-0.39, 0.29) is 24.9 Å². The number of quaternary nitrogens is 1. The Kier molecular flexibility index (Phi) is 6.73. The van der Waals surface area contributed by atoms with Crippen LogP contribution in [-0.4, -0.2) is 45.2 Å². The number of nitrogens with one attached hydrogen (secondary N) is 3. The van der Waals surface area contributed by atoms with Crippen LogP contribution >= 0.6 is 11.6 Å². The highest BCUT2D eigenvalue weighted by atomic mass is 35.5. The van der Waals surface area contributed by atoms with Crippen LogP contribution in [0.1, 0.15) is 6.42 Å². The predicted octanol–water partition coefficient (Wildman–Crippen LogP) is 1.59. The Labute approximate surface area is 168 Å². The van der Waals surface area contributed by atoms with Crippen LogP contribution in [-0.2, 0) is 9.59 Å². The molecule has 2 aromatic carbocycles. The lowest BCUT2D eigenvalue weighted by Gasteiger charge is -2.14. The zero-order valence-corrected chi connectivity index (χ0v) is 16.3. The molecule has 1 unspecified atom stereocenters. The largest absolute Gasteiger partial charge is 0.490 e. The summed E-state index contributed by atoms with van der Waals surface area (Å²) in [6.07, 6.45) is 0.822. The van der Waals surface area contributed by atoms with Crippen LogP contribution in [0.3, 0.4) is 0 Å². The molecule has 1 atom stereocenters. The van der Waals surface area contributed by atoms with Gasteiger partial charge >= 0.3 is 0 Å². The Morgan fingerprint density at radius 2 is 1.50 bits per heavy atom. The number of hydrogen-bond donors (Lipinski definition) is 3. The van der Waals surface area contributed by atoms with E-state index in [0.717, 1.165) is 11.3 Å². The molecular weight excluding hydrogens is 382 g/mol. The lowest BCUT2D eigenvalue weighted by atomic mass is 10.2. The maximum Gasteiger partial charge on any atom is 0.279 e. The zero-order chi connectivity index (χ0) is 19.9. The van der Waals surface area contributed by atoms with Crippen LogP contribution in [0.4, 0.5) is 11.4 Å². The fourth-order valence-corrected chi connectivity index (χ4v) is 2.92. The summed E-state index contributed by atoms with van der Waals surface area (Å²) in [6, 6.07) is 12.2. The number of ether oxygens (including phenoxy) is 2. The first kappa shape index (κ1) is 20.0. The lowest BCUT2D eigenvalue weighted by molar-refractivity contribution is -0.862. The molecule has 8 heteroatoms. The third kappa shape index (κ3) is 5.87. The van der Waals surface area contributed by atoms with E-state index in [0.29, 0.717) is 41.1 Å². The van der Waals surface area contributed by atoms with Gasteiger partial charge in [-0.25, -0.2) is 0 Å². The summed E-state index contributed by atoms with van der Waals surface area (Å²) in [4.78, 5) is 25.2. The van der Waals surface area contributed by atoms with Gasteiger partial charge < -0.3 is 25.0 Å². The SMILES string of the molecule is C[NH+](CC(=O)Nc1ccc(Cl)cc1)CC(=O)Nc1ccc2c(c1)OCCCO2. The molecule has 148 valence electrons. The van der Waals surface area contributed by atoms with Crippen LogP contribution in [0.2, 0.25) is 5.02 Å². The third-order valence-electron chi connectivity index (χ3n) is 4.08. The normalized spacial score (nSPS) is 13.9. The van der Waals surface area contributed by atoms with Crippen molar-refractivity contribution in [2.45, 2.75) is 6.42 Å². The van der Waals surface area contributed by atoms with Gasteiger partial charge in [-0.1, -0.05) is 11.6 Å². The van der Waals surface area contributed by atoms with E-state index in [1.807, 2.05) is 0 Å². The van der Waals surface area contributed by atoms with E-state index in [1.54, 1.807) is 49.5 Å². The van der Waals surface area contributed by atoms with Gasteiger partial charge in [-0.3, -0.25) is 9.59 Å². The molecule has 0 aliphatic carbocycles. The Morgan fingerprint density at radius 3 is 2.18 bits per heavy atom. The molecule has 0 aromatic heterocycles. The number of fused-ring (bicyclic) bond motifs is 1. The highest BCUT2D eigenvalue weighted by Gasteiger charge is 2.16. The van der Waals surface area contributed by atoms with E-state index < -0.39 is 0 Å². The lowest BCUT2D eigenvalue weighted by Crippen LogP contribution is -3.11. The summed E-state index contributed by atoms with van der Waals surface area (Å²) < 4.78 is 11.2. The number of rotatable bonds is 6. The molecule has 28 heavy (non-hydrogen) atoms. The van der Waals surface area contributed by atoms with E-state index in [4.69, 9.17) is 21.1 Å². The second-order valence-electron chi connectivity index (χ2n) is 6.63. The number of benzene rings is 2.